The Morgan fingerprint density at radius 1 is 1.42 bits per heavy atom. The van der Waals surface area contributed by atoms with Gasteiger partial charge in [0.25, 0.3) is 5.91 Å². The van der Waals surface area contributed by atoms with E-state index in [1.54, 1.807) is 0 Å². The fourth-order valence-corrected chi connectivity index (χ4v) is 4.15. The summed E-state index contributed by atoms with van der Waals surface area (Å²) in [5.41, 5.74) is 1.95. The third-order valence-electron chi connectivity index (χ3n) is 5.63. The molecule has 7 nitrogen and oxygen atoms in total. The van der Waals surface area contributed by atoms with Crippen LogP contribution in [0.15, 0.2) is 30.7 Å². The molecule has 0 spiro atoms. The van der Waals surface area contributed by atoms with Gasteiger partial charge in [-0.15, -0.1) is 0 Å². The number of carbonyl (C=O) groups excluding carboxylic acids is 1. The van der Waals surface area contributed by atoms with Crippen molar-refractivity contribution in [2.75, 3.05) is 26.2 Å². The minimum absolute atomic E-state index is 0.0113. The van der Waals surface area contributed by atoms with Gasteiger partial charge in [0.15, 0.2) is 0 Å². The number of nitrogens with one attached hydrogen (secondary N) is 1. The van der Waals surface area contributed by atoms with Crippen LogP contribution >= 0.6 is 0 Å². The van der Waals surface area contributed by atoms with Gasteiger partial charge in [-0.2, -0.15) is 5.10 Å². The minimum atomic E-state index is -0.0113. The Hall–Kier alpha value is -2.12. The van der Waals surface area contributed by atoms with E-state index in [-0.39, 0.29) is 12.0 Å². The molecule has 0 aliphatic carbocycles. The first-order chi connectivity index (χ1) is 12.6. The van der Waals surface area contributed by atoms with Crippen molar-refractivity contribution in [1.82, 2.24) is 24.6 Å². The number of rotatable bonds is 6. The maximum absolute atomic E-state index is 12.3. The quantitative estimate of drug-likeness (QED) is 0.841. The molecule has 140 valence electrons. The topological polar surface area (TPSA) is 64.3 Å². The van der Waals surface area contributed by atoms with Gasteiger partial charge in [-0.3, -0.25) is 14.4 Å². The molecule has 0 radical (unpaired) electrons. The molecule has 4 heterocycles. The van der Waals surface area contributed by atoms with Gasteiger partial charge in [-0.25, -0.2) is 0 Å². The molecule has 3 atom stereocenters. The number of hydrogen-bond donors (Lipinski definition) is 1. The molecule has 0 unspecified atom stereocenters. The van der Waals surface area contributed by atoms with Crippen LogP contribution in [-0.2, 0) is 24.9 Å². The molecule has 7 heteroatoms. The average molecular weight is 357 g/mol. The lowest BCUT2D eigenvalue weighted by atomic mass is 9.93. The predicted molar refractivity (Wildman–Crippen MR) is 97.6 cm³/mol. The highest BCUT2D eigenvalue weighted by Gasteiger charge is 2.43. The van der Waals surface area contributed by atoms with Crippen LogP contribution in [0.2, 0.25) is 0 Å². The van der Waals surface area contributed by atoms with Gasteiger partial charge in [0.1, 0.15) is 5.69 Å². The monoisotopic (exact) mass is 357 g/mol. The molecule has 26 heavy (non-hydrogen) atoms. The van der Waals surface area contributed by atoms with E-state index in [4.69, 9.17) is 4.74 Å². The highest BCUT2D eigenvalue weighted by molar-refractivity contribution is 5.92. The molecule has 2 aliphatic rings. The third-order valence-corrected chi connectivity index (χ3v) is 5.63. The first-order valence-electron chi connectivity index (χ1n) is 9.39. The zero-order chi connectivity index (χ0) is 18.1. The van der Waals surface area contributed by atoms with E-state index in [1.807, 2.05) is 40.8 Å². The van der Waals surface area contributed by atoms with E-state index in [2.05, 4.69) is 28.4 Å². The molecular weight excluding hydrogens is 330 g/mol. The van der Waals surface area contributed by atoms with Crippen molar-refractivity contribution >= 4 is 5.91 Å². The number of hydrogen-bond acceptors (Lipinski definition) is 4. The highest BCUT2D eigenvalue weighted by atomic mass is 16.5. The number of likely N-dealkylation sites (tertiary alicyclic amines) is 1. The van der Waals surface area contributed by atoms with E-state index in [1.165, 1.54) is 5.56 Å². The minimum Gasteiger partial charge on any atom is -0.376 e. The van der Waals surface area contributed by atoms with Gasteiger partial charge in [0.2, 0.25) is 0 Å². The van der Waals surface area contributed by atoms with Crippen LogP contribution in [0.4, 0.5) is 0 Å². The summed E-state index contributed by atoms with van der Waals surface area (Å²) in [5, 5.41) is 7.44. The highest BCUT2D eigenvalue weighted by Crippen LogP contribution is 2.34. The number of fused-ring (bicyclic) bond motifs is 1. The van der Waals surface area contributed by atoms with E-state index in [0.29, 0.717) is 24.1 Å². The van der Waals surface area contributed by atoms with E-state index < -0.39 is 0 Å². The summed E-state index contributed by atoms with van der Waals surface area (Å²) in [6.07, 6.45) is 6.25. The standard InChI is InChI=1S/C19H27N5O2/c1-3-24-10-14(7-21-24)9-23-11-16-15(13-26-18(16)12-23)8-20-19(25)17-5-4-6-22(17)2/h4-7,10,15-16,18H,3,8-9,11-13H2,1-2H3,(H,20,25)/t15-,16+,18+/m0/s1. The number of amides is 1. The lowest BCUT2D eigenvalue weighted by Gasteiger charge is -2.19. The van der Waals surface area contributed by atoms with E-state index in [0.717, 1.165) is 32.8 Å². The van der Waals surface area contributed by atoms with Gasteiger partial charge in [0, 0.05) is 69.6 Å². The summed E-state index contributed by atoms with van der Waals surface area (Å²) in [4.78, 5) is 14.8. The average Bonchev–Trinajstić information content (AvgIpc) is 3.38. The lowest BCUT2D eigenvalue weighted by molar-refractivity contribution is 0.0899. The molecule has 2 fully saturated rings. The van der Waals surface area contributed by atoms with Crippen molar-refractivity contribution in [3.05, 3.63) is 42.0 Å². The molecule has 2 aromatic heterocycles. The van der Waals surface area contributed by atoms with Gasteiger partial charge < -0.3 is 14.6 Å². The zero-order valence-electron chi connectivity index (χ0n) is 15.5. The summed E-state index contributed by atoms with van der Waals surface area (Å²) in [6.45, 7) is 7.31. The Bertz CT molecular complexity index is 768. The SMILES string of the molecule is CCn1cc(CN2C[C@@H]3[C@@H](CNC(=O)c4cccn4C)CO[C@@H]3C2)cn1. The van der Waals surface area contributed by atoms with Crippen LogP contribution in [0, 0.1) is 11.8 Å². The Balaban J connectivity index is 1.30. The lowest BCUT2D eigenvalue weighted by Crippen LogP contribution is -2.34. The van der Waals surface area contributed by atoms with Crippen molar-refractivity contribution in [3.8, 4) is 0 Å². The Labute approximate surface area is 153 Å². The Morgan fingerprint density at radius 2 is 2.31 bits per heavy atom. The van der Waals surface area contributed by atoms with Crippen LogP contribution in [-0.4, -0.2) is 57.5 Å². The number of aryl methyl sites for hydroxylation is 2. The number of aromatic nitrogens is 3. The van der Waals surface area contributed by atoms with Crippen LogP contribution in [0.25, 0.3) is 0 Å². The van der Waals surface area contributed by atoms with Gasteiger partial charge in [0.05, 0.1) is 18.9 Å². The van der Waals surface area contributed by atoms with Crippen LogP contribution in [0.5, 0.6) is 0 Å². The fourth-order valence-electron chi connectivity index (χ4n) is 4.15. The second-order valence-electron chi connectivity index (χ2n) is 7.41. The second-order valence-corrected chi connectivity index (χ2v) is 7.41. The van der Waals surface area contributed by atoms with Crippen molar-refractivity contribution in [2.45, 2.75) is 26.1 Å². The van der Waals surface area contributed by atoms with Crippen LogP contribution in [0.3, 0.4) is 0 Å². The molecule has 1 N–H and O–H groups in total. The first-order valence-corrected chi connectivity index (χ1v) is 9.39. The summed E-state index contributed by atoms with van der Waals surface area (Å²) in [5.74, 6) is 0.861. The summed E-state index contributed by atoms with van der Waals surface area (Å²) < 4.78 is 9.82. The molecule has 0 aromatic carbocycles. The number of nitrogens with zero attached hydrogens (tertiary/aromatic N) is 4. The molecule has 4 rings (SSSR count). The Morgan fingerprint density at radius 3 is 3.04 bits per heavy atom. The predicted octanol–water partition coefficient (Wildman–Crippen LogP) is 1.12. The molecule has 0 bridgehead atoms. The number of carbonyl (C=O) groups is 1. The third kappa shape index (κ3) is 3.41. The van der Waals surface area contributed by atoms with E-state index >= 15 is 0 Å². The maximum atomic E-state index is 12.3. The van der Waals surface area contributed by atoms with Crippen LogP contribution in [0.1, 0.15) is 23.0 Å². The number of ether oxygens (including phenoxy) is 1. The molecule has 2 saturated heterocycles. The van der Waals surface area contributed by atoms with Gasteiger partial charge in [-0.1, -0.05) is 0 Å². The fraction of sp³-hybridized carbons (Fsp3) is 0.579. The molecular formula is C19H27N5O2. The molecule has 2 aromatic rings. The van der Waals surface area contributed by atoms with Crippen LogP contribution < -0.4 is 5.32 Å². The summed E-state index contributed by atoms with van der Waals surface area (Å²) in [6, 6.07) is 3.73. The molecule has 2 aliphatic heterocycles. The van der Waals surface area contributed by atoms with Crippen molar-refractivity contribution in [3.63, 3.8) is 0 Å². The summed E-state index contributed by atoms with van der Waals surface area (Å²) >= 11 is 0. The van der Waals surface area contributed by atoms with Crippen molar-refractivity contribution in [1.29, 1.82) is 0 Å². The van der Waals surface area contributed by atoms with Gasteiger partial charge in [-0.05, 0) is 19.1 Å². The Kier molecular flexibility index (Phi) is 4.82. The molecule has 0 saturated carbocycles. The first kappa shape index (κ1) is 17.3. The van der Waals surface area contributed by atoms with E-state index in [9.17, 15) is 4.79 Å². The zero-order valence-corrected chi connectivity index (χ0v) is 15.5. The maximum Gasteiger partial charge on any atom is 0.267 e. The normalized spacial score (nSPS) is 25.5. The van der Waals surface area contributed by atoms with Crippen molar-refractivity contribution < 1.29 is 9.53 Å². The summed E-state index contributed by atoms with van der Waals surface area (Å²) in [7, 11) is 1.89. The smallest absolute Gasteiger partial charge is 0.267 e. The van der Waals surface area contributed by atoms with Gasteiger partial charge >= 0.3 is 0 Å². The second kappa shape index (κ2) is 7.25. The van der Waals surface area contributed by atoms with Crippen molar-refractivity contribution in [2.24, 2.45) is 18.9 Å². The molecule has 1 amide bonds. The largest absolute Gasteiger partial charge is 0.376 e.